The van der Waals surface area contributed by atoms with Gasteiger partial charge in [0.25, 0.3) is 5.91 Å². The van der Waals surface area contributed by atoms with Gasteiger partial charge in [-0.1, -0.05) is 0 Å². The number of amides is 2. The van der Waals surface area contributed by atoms with Crippen molar-refractivity contribution in [1.82, 2.24) is 14.9 Å². The van der Waals surface area contributed by atoms with Crippen molar-refractivity contribution in [3.8, 4) is 11.6 Å². The maximum atomic E-state index is 12.7. The number of pyridine rings is 2. The van der Waals surface area contributed by atoms with Crippen LogP contribution < -0.4 is 24.6 Å². The topological polar surface area (TPSA) is 109 Å². The van der Waals surface area contributed by atoms with E-state index in [1.165, 1.54) is 0 Å². The lowest BCUT2D eigenvalue weighted by atomic mass is 10.2. The zero-order valence-electron chi connectivity index (χ0n) is 20.3. The van der Waals surface area contributed by atoms with Gasteiger partial charge in [-0.2, -0.15) is 0 Å². The number of hydrogen-bond donors (Lipinski definition) is 1. The highest BCUT2D eigenvalue weighted by Gasteiger charge is 2.46. The van der Waals surface area contributed by atoms with Crippen LogP contribution in [-0.2, 0) is 9.53 Å². The number of methoxy groups -OCH3 is 1. The second kappa shape index (κ2) is 8.48. The van der Waals surface area contributed by atoms with Gasteiger partial charge in [-0.3, -0.25) is 19.6 Å². The average molecular weight is 503 g/mol. The van der Waals surface area contributed by atoms with Crippen LogP contribution in [0.15, 0.2) is 42.6 Å². The molecule has 6 heterocycles. The zero-order valence-corrected chi connectivity index (χ0v) is 20.3. The van der Waals surface area contributed by atoms with Crippen molar-refractivity contribution in [1.29, 1.82) is 0 Å². The molecule has 2 aromatic heterocycles. The van der Waals surface area contributed by atoms with Gasteiger partial charge in [0.1, 0.15) is 17.4 Å². The molecule has 11 heteroatoms. The van der Waals surface area contributed by atoms with Crippen molar-refractivity contribution in [2.24, 2.45) is 0 Å². The lowest BCUT2D eigenvalue weighted by Gasteiger charge is -2.36. The number of ether oxygens (including phenoxy) is 3. The SMILES string of the molecule is COc1ccc2nccc(N3C[C@@H]4C[C@H]3CN4C[C@@H]3CN(c4ccc5c(c4)NC(=O)CO5)C(=O)O3)c2n1. The standard InChI is InChI=1S/C26H26N6O5/c1-35-24-5-3-19-25(29-24)21(6-7-27-19)31-11-16-8-17(31)10-30(16)12-18-13-32(26(34)37-18)15-2-4-22-20(9-15)28-23(33)14-36-22/h2-7,9,16-18H,8,10-14H2,1H3,(H,28,33)/t16-,17-,18+/m0/s1. The Morgan fingerprint density at radius 1 is 1.11 bits per heavy atom. The van der Waals surface area contributed by atoms with E-state index in [4.69, 9.17) is 14.2 Å². The van der Waals surface area contributed by atoms with Crippen molar-refractivity contribution in [2.75, 3.05) is 55.0 Å². The first-order chi connectivity index (χ1) is 18.1. The number of benzene rings is 1. The van der Waals surface area contributed by atoms with Gasteiger partial charge in [-0.05, 0) is 36.8 Å². The van der Waals surface area contributed by atoms with E-state index in [9.17, 15) is 9.59 Å². The largest absolute Gasteiger partial charge is 0.482 e. The van der Waals surface area contributed by atoms with Gasteiger partial charge in [-0.25, -0.2) is 9.78 Å². The molecule has 2 amide bonds. The highest BCUT2D eigenvalue weighted by Crippen LogP contribution is 2.38. The van der Waals surface area contributed by atoms with E-state index in [1.807, 2.05) is 30.5 Å². The molecule has 3 aromatic rings. The normalized spacial score (nSPS) is 24.7. The van der Waals surface area contributed by atoms with Gasteiger partial charge < -0.3 is 24.4 Å². The summed E-state index contributed by atoms with van der Waals surface area (Å²) in [6, 6.07) is 11.9. The summed E-state index contributed by atoms with van der Waals surface area (Å²) in [4.78, 5) is 40.0. The molecule has 0 spiro atoms. The minimum Gasteiger partial charge on any atom is -0.482 e. The Hall–Kier alpha value is -4.12. The van der Waals surface area contributed by atoms with Crippen LogP contribution in [0.4, 0.5) is 21.9 Å². The van der Waals surface area contributed by atoms with Gasteiger partial charge in [0.2, 0.25) is 5.88 Å². The molecule has 2 bridgehead atoms. The molecular weight excluding hydrogens is 476 g/mol. The number of rotatable bonds is 5. The van der Waals surface area contributed by atoms with Crippen molar-refractivity contribution >= 4 is 40.1 Å². The molecule has 0 aliphatic carbocycles. The second-order valence-corrected chi connectivity index (χ2v) is 9.83. The first-order valence-corrected chi connectivity index (χ1v) is 12.4. The minimum absolute atomic E-state index is 0.00229. The van der Waals surface area contributed by atoms with Crippen LogP contribution in [0.2, 0.25) is 0 Å². The summed E-state index contributed by atoms with van der Waals surface area (Å²) in [5.74, 6) is 0.967. The predicted octanol–water partition coefficient (Wildman–Crippen LogP) is 2.26. The highest BCUT2D eigenvalue weighted by atomic mass is 16.6. The van der Waals surface area contributed by atoms with Crippen LogP contribution in [0.25, 0.3) is 11.0 Å². The van der Waals surface area contributed by atoms with E-state index in [2.05, 4.69) is 25.1 Å². The molecule has 190 valence electrons. The van der Waals surface area contributed by atoms with Crippen LogP contribution in [0.1, 0.15) is 6.42 Å². The predicted molar refractivity (Wildman–Crippen MR) is 135 cm³/mol. The van der Waals surface area contributed by atoms with E-state index in [1.54, 1.807) is 24.1 Å². The third-order valence-corrected chi connectivity index (χ3v) is 7.63. The Morgan fingerprint density at radius 3 is 2.86 bits per heavy atom. The number of likely N-dealkylation sites (tertiary alicyclic amines) is 1. The summed E-state index contributed by atoms with van der Waals surface area (Å²) in [6.07, 6.45) is 2.29. The van der Waals surface area contributed by atoms with Crippen molar-refractivity contribution in [3.05, 3.63) is 42.6 Å². The molecule has 3 atom stereocenters. The molecule has 0 unspecified atom stereocenters. The first kappa shape index (κ1) is 22.1. The number of nitrogens with one attached hydrogen (secondary N) is 1. The molecular formula is C26H26N6O5. The smallest absolute Gasteiger partial charge is 0.414 e. The molecule has 7 rings (SSSR count). The molecule has 4 aliphatic heterocycles. The minimum atomic E-state index is -0.373. The van der Waals surface area contributed by atoms with Crippen LogP contribution >= 0.6 is 0 Å². The third kappa shape index (κ3) is 3.77. The van der Waals surface area contributed by atoms with E-state index < -0.39 is 0 Å². The van der Waals surface area contributed by atoms with Gasteiger partial charge in [0, 0.05) is 49.7 Å². The van der Waals surface area contributed by atoms with Gasteiger partial charge in [0.15, 0.2) is 6.61 Å². The second-order valence-electron chi connectivity index (χ2n) is 9.83. The number of nitrogens with zero attached hydrogens (tertiary/aromatic N) is 5. The molecule has 3 fully saturated rings. The number of hydrogen-bond acceptors (Lipinski definition) is 9. The molecule has 3 saturated heterocycles. The van der Waals surface area contributed by atoms with Crippen LogP contribution in [0, 0.1) is 0 Å². The van der Waals surface area contributed by atoms with Crippen molar-refractivity contribution in [3.63, 3.8) is 0 Å². The summed E-state index contributed by atoms with van der Waals surface area (Å²) < 4.78 is 16.5. The third-order valence-electron chi connectivity index (χ3n) is 7.63. The van der Waals surface area contributed by atoms with Gasteiger partial charge in [-0.15, -0.1) is 0 Å². The van der Waals surface area contributed by atoms with E-state index in [-0.39, 0.29) is 24.7 Å². The molecule has 37 heavy (non-hydrogen) atoms. The summed E-state index contributed by atoms with van der Waals surface area (Å²) in [5.41, 5.74) is 4.03. The van der Waals surface area contributed by atoms with Gasteiger partial charge >= 0.3 is 6.09 Å². The fraction of sp³-hybridized carbons (Fsp3) is 0.385. The van der Waals surface area contributed by atoms with E-state index in [0.717, 1.165) is 36.2 Å². The summed E-state index contributed by atoms with van der Waals surface area (Å²) in [5, 5.41) is 2.79. The quantitative estimate of drug-likeness (QED) is 0.562. The fourth-order valence-corrected chi connectivity index (χ4v) is 5.94. The number of anilines is 3. The number of carbonyl (C=O) groups is 2. The monoisotopic (exact) mass is 502 g/mol. The van der Waals surface area contributed by atoms with Crippen LogP contribution in [0.3, 0.4) is 0 Å². The Kier molecular flexibility index (Phi) is 5.07. The maximum Gasteiger partial charge on any atom is 0.414 e. The first-order valence-electron chi connectivity index (χ1n) is 12.4. The Bertz CT molecular complexity index is 1420. The number of fused-ring (bicyclic) bond motifs is 4. The Morgan fingerprint density at radius 2 is 2.03 bits per heavy atom. The summed E-state index contributed by atoms with van der Waals surface area (Å²) in [7, 11) is 1.62. The molecule has 0 radical (unpaired) electrons. The summed E-state index contributed by atoms with van der Waals surface area (Å²) in [6.45, 7) is 2.93. The Balaban J connectivity index is 1.03. The molecule has 11 nitrogen and oxygen atoms in total. The molecule has 0 saturated carbocycles. The van der Waals surface area contributed by atoms with Gasteiger partial charge in [0.05, 0.1) is 30.5 Å². The number of piperazine rings is 1. The number of aromatic nitrogens is 2. The highest BCUT2D eigenvalue weighted by molar-refractivity contribution is 5.97. The molecule has 1 aromatic carbocycles. The summed E-state index contributed by atoms with van der Waals surface area (Å²) >= 11 is 0. The van der Waals surface area contributed by atoms with E-state index >= 15 is 0 Å². The van der Waals surface area contributed by atoms with Crippen LogP contribution in [-0.4, -0.2) is 85.0 Å². The van der Waals surface area contributed by atoms with Crippen molar-refractivity contribution < 1.29 is 23.8 Å². The molecule has 4 aliphatic rings. The Labute approximate surface area is 212 Å². The number of cyclic esters (lactones) is 1. The lowest BCUT2D eigenvalue weighted by Crippen LogP contribution is -2.49. The fourth-order valence-electron chi connectivity index (χ4n) is 5.94. The van der Waals surface area contributed by atoms with E-state index in [0.29, 0.717) is 48.2 Å². The zero-order chi connectivity index (χ0) is 25.1. The maximum absolute atomic E-state index is 12.7. The molecule has 1 N–H and O–H groups in total. The number of carbonyl (C=O) groups excluding carboxylic acids is 2. The average Bonchev–Trinajstić information content (AvgIpc) is 3.61. The van der Waals surface area contributed by atoms with Crippen molar-refractivity contribution in [2.45, 2.75) is 24.6 Å². The van der Waals surface area contributed by atoms with Crippen LogP contribution in [0.5, 0.6) is 11.6 Å². The lowest BCUT2D eigenvalue weighted by molar-refractivity contribution is -0.118.